The van der Waals surface area contributed by atoms with E-state index < -0.39 is 5.60 Å². The van der Waals surface area contributed by atoms with E-state index in [-0.39, 0.29) is 11.9 Å². The van der Waals surface area contributed by atoms with Crippen LogP contribution in [0.4, 0.5) is 4.79 Å². The van der Waals surface area contributed by atoms with Crippen molar-refractivity contribution in [2.75, 3.05) is 13.1 Å². The number of amides is 1. The average Bonchev–Trinajstić information content (AvgIpc) is 3.33. The van der Waals surface area contributed by atoms with Gasteiger partial charge in [-0.25, -0.2) is 4.79 Å². The minimum Gasteiger partial charge on any atom is -0.444 e. The lowest BCUT2D eigenvalue weighted by atomic mass is 9.93. The molecule has 0 saturated carbocycles. The molecule has 1 saturated heterocycles. The van der Waals surface area contributed by atoms with Crippen LogP contribution in [0.2, 0.25) is 10.0 Å². The highest BCUT2D eigenvalue weighted by atomic mass is 35.5. The number of thiophene rings is 1. The van der Waals surface area contributed by atoms with E-state index in [0.717, 1.165) is 54.8 Å². The van der Waals surface area contributed by atoms with Crippen molar-refractivity contribution in [3.63, 3.8) is 0 Å². The molecule has 0 N–H and O–H groups in total. The van der Waals surface area contributed by atoms with Crippen molar-refractivity contribution in [1.29, 1.82) is 0 Å². The summed E-state index contributed by atoms with van der Waals surface area (Å²) in [5, 5.41) is 3.66. The molecular formula is C26H30Cl2N2O3S. The van der Waals surface area contributed by atoms with Crippen molar-refractivity contribution in [3.8, 4) is 0 Å². The molecule has 0 atom stereocenters. The summed E-state index contributed by atoms with van der Waals surface area (Å²) in [6.07, 6.45) is 2.68. The standard InChI is InChI=1S/C26H30Cl2N2O3S/c1-16-21(23(31)19-6-5-7-20(27)22(19)28)18-11-15-34-24(18)30(16)14-10-17-8-12-29(13-9-17)25(32)33-26(2,3)4/h5-7,11,15,17H,8-10,12-14H2,1-4H3. The molecule has 1 aliphatic rings. The molecule has 3 heterocycles. The van der Waals surface area contributed by atoms with E-state index in [1.165, 1.54) is 0 Å². The van der Waals surface area contributed by atoms with Gasteiger partial charge in [-0.1, -0.05) is 29.3 Å². The zero-order valence-electron chi connectivity index (χ0n) is 20.0. The first kappa shape index (κ1) is 25.1. The van der Waals surface area contributed by atoms with Gasteiger partial charge >= 0.3 is 6.09 Å². The Labute approximate surface area is 214 Å². The Hall–Kier alpha value is -2.02. The first-order valence-corrected chi connectivity index (χ1v) is 13.2. The Bertz CT molecular complexity index is 1220. The molecule has 1 amide bonds. The van der Waals surface area contributed by atoms with Gasteiger partial charge in [0.2, 0.25) is 0 Å². The molecule has 0 aliphatic carbocycles. The summed E-state index contributed by atoms with van der Waals surface area (Å²) in [4.78, 5) is 28.7. The van der Waals surface area contributed by atoms with Gasteiger partial charge in [0.1, 0.15) is 10.4 Å². The third kappa shape index (κ3) is 5.14. The van der Waals surface area contributed by atoms with Crippen LogP contribution in [0.25, 0.3) is 10.2 Å². The first-order valence-electron chi connectivity index (χ1n) is 11.6. The van der Waals surface area contributed by atoms with Crippen LogP contribution in [0.3, 0.4) is 0 Å². The molecule has 0 unspecified atom stereocenters. The number of hydrogen-bond acceptors (Lipinski definition) is 4. The van der Waals surface area contributed by atoms with Crippen molar-refractivity contribution in [2.45, 2.75) is 59.1 Å². The molecule has 0 spiro atoms. The smallest absolute Gasteiger partial charge is 0.410 e. The molecule has 8 heteroatoms. The number of piperidine rings is 1. The summed E-state index contributed by atoms with van der Waals surface area (Å²) in [6, 6.07) is 7.17. The lowest BCUT2D eigenvalue weighted by Crippen LogP contribution is -2.41. The fraction of sp³-hybridized carbons (Fsp3) is 0.462. The number of fused-ring (bicyclic) bond motifs is 1. The summed E-state index contributed by atoms with van der Waals surface area (Å²) < 4.78 is 7.76. The highest BCUT2D eigenvalue weighted by molar-refractivity contribution is 7.16. The normalized spacial score (nSPS) is 15.2. The van der Waals surface area contributed by atoms with Crippen LogP contribution in [-0.2, 0) is 11.3 Å². The molecule has 182 valence electrons. The van der Waals surface area contributed by atoms with Crippen LogP contribution in [0, 0.1) is 12.8 Å². The predicted molar refractivity (Wildman–Crippen MR) is 140 cm³/mol. The second-order valence-corrected chi connectivity index (χ2v) is 11.6. The van der Waals surface area contributed by atoms with Gasteiger partial charge in [-0.15, -0.1) is 11.3 Å². The minimum absolute atomic E-state index is 0.0992. The number of aromatic nitrogens is 1. The molecule has 2 aromatic heterocycles. The summed E-state index contributed by atoms with van der Waals surface area (Å²) in [5.41, 5.74) is 1.60. The van der Waals surface area contributed by atoms with E-state index >= 15 is 0 Å². The first-order chi connectivity index (χ1) is 16.1. The predicted octanol–water partition coefficient (Wildman–Crippen LogP) is 7.59. The van der Waals surface area contributed by atoms with Crippen molar-refractivity contribution in [1.82, 2.24) is 9.47 Å². The zero-order chi connectivity index (χ0) is 24.6. The Balaban J connectivity index is 1.47. The average molecular weight is 522 g/mol. The van der Waals surface area contributed by atoms with E-state index in [1.807, 2.05) is 44.0 Å². The highest BCUT2D eigenvalue weighted by Crippen LogP contribution is 2.35. The molecule has 0 bridgehead atoms. The van der Waals surface area contributed by atoms with Crippen LogP contribution in [-0.4, -0.2) is 40.0 Å². The summed E-state index contributed by atoms with van der Waals surface area (Å²) in [5.74, 6) is 0.426. The van der Waals surface area contributed by atoms with Gasteiger partial charge in [0, 0.05) is 36.3 Å². The fourth-order valence-corrected chi connectivity index (χ4v) is 5.97. The maximum atomic E-state index is 13.5. The SMILES string of the molecule is Cc1c(C(=O)c2cccc(Cl)c2Cl)c2ccsc2n1CCC1CCN(C(=O)OC(C)(C)C)CC1. The molecule has 1 fully saturated rings. The van der Waals surface area contributed by atoms with Crippen molar-refractivity contribution >= 4 is 56.6 Å². The van der Waals surface area contributed by atoms with Gasteiger partial charge in [-0.2, -0.15) is 0 Å². The quantitative estimate of drug-likeness (QED) is 0.325. The van der Waals surface area contributed by atoms with E-state index in [0.29, 0.717) is 27.1 Å². The van der Waals surface area contributed by atoms with Gasteiger partial charge in [0.05, 0.1) is 15.6 Å². The number of hydrogen-bond donors (Lipinski definition) is 0. The third-order valence-electron chi connectivity index (χ3n) is 6.38. The van der Waals surface area contributed by atoms with Crippen LogP contribution in [0.5, 0.6) is 0 Å². The van der Waals surface area contributed by atoms with Crippen LogP contribution in [0.1, 0.15) is 61.6 Å². The summed E-state index contributed by atoms with van der Waals surface area (Å²) in [7, 11) is 0. The van der Waals surface area contributed by atoms with E-state index in [9.17, 15) is 9.59 Å². The zero-order valence-corrected chi connectivity index (χ0v) is 22.3. The third-order valence-corrected chi connectivity index (χ3v) is 8.13. The maximum Gasteiger partial charge on any atom is 0.410 e. The number of carbonyl (C=O) groups is 2. The topological polar surface area (TPSA) is 51.5 Å². The molecule has 0 radical (unpaired) electrons. The number of ketones is 1. The van der Waals surface area contributed by atoms with Crippen LogP contribution in [0.15, 0.2) is 29.6 Å². The molecule has 3 aromatic rings. The lowest BCUT2D eigenvalue weighted by Gasteiger charge is -2.33. The van der Waals surface area contributed by atoms with E-state index in [2.05, 4.69) is 4.57 Å². The number of rotatable bonds is 5. The van der Waals surface area contributed by atoms with Crippen LogP contribution >= 0.6 is 34.5 Å². The number of nitrogens with zero attached hydrogens (tertiary/aromatic N) is 2. The van der Waals surface area contributed by atoms with Gasteiger partial charge < -0.3 is 14.2 Å². The largest absolute Gasteiger partial charge is 0.444 e. The monoisotopic (exact) mass is 520 g/mol. The van der Waals surface area contributed by atoms with Gasteiger partial charge in [0.15, 0.2) is 5.78 Å². The highest BCUT2D eigenvalue weighted by Gasteiger charge is 2.28. The lowest BCUT2D eigenvalue weighted by molar-refractivity contribution is 0.0180. The van der Waals surface area contributed by atoms with Crippen molar-refractivity contribution < 1.29 is 14.3 Å². The van der Waals surface area contributed by atoms with Crippen molar-refractivity contribution in [2.24, 2.45) is 5.92 Å². The summed E-state index contributed by atoms with van der Waals surface area (Å²) in [6.45, 7) is 9.94. The minimum atomic E-state index is -0.476. The van der Waals surface area contributed by atoms with Gasteiger partial charge in [-0.3, -0.25) is 4.79 Å². The van der Waals surface area contributed by atoms with Gasteiger partial charge in [0.25, 0.3) is 0 Å². The Morgan fingerprint density at radius 1 is 1.15 bits per heavy atom. The number of likely N-dealkylation sites (tertiary alicyclic amines) is 1. The Morgan fingerprint density at radius 2 is 1.85 bits per heavy atom. The fourth-order valence-electron chi connectivity index (χ4n) is 4.59. The van der Waals surface area contributed by atoms with E-state index in [1.54, 1.807) is 29.5 Å². The Morgan fingerprint density at radius 3 is 2.53 bits per heavy atom. The molecule has 34 heavy (non-hydrogen) atoms. The second-order valence-electron chi connectivity index (χ2n) is 9.88. The van der Waals surface area contributed by atoms with Gasteiger partial charge in [-0.05, 0) is 76.5 Å². The number of ether oxygens (including phenoxy) is 1. The number of halogens is 2. The number of carbonyl (C=O) groups excluding carboxylic acids is 2. The number of benzene rings is 1. The molecule has 1 aromatic carbocycles. The maximum absolute atomic E-state index is 13.5. The molecule has 5 nitrogen and oxygen atoms in total. The second kappa shape index (κ2) is 9.92. The van der Waals surface area contributed by atoms with E-state index in [4.69, 9.17) is 27.9 Å². The molecule has 4 rings (SSSR count). The summed E-state index contributed by atoms with van der Waals surface area (Å²) >= 11 is 14.2. The van der Waals surface area contributed by atoms with Crippen molar-refractivity contribution in [3.05, 3.63) is 56.5 Å². The molecule has 1 aliphatic heterocycles. The molecular weight excluding hydrogens is 491 g/mol. The van der Waals surface area contributed by atoms with Crippen LogP contribution < -0.4 is 0 Å². The Kier molecular flexibility index (Phi) is 7.32. The number of aryl methyl sites for hydroxylation is 1.